The van der Waals surface area contributed by atoms with Crippen molar-refractivity contribution in [2.75, 3.05) is 0 Å². The average Bonchev–Trinajstić information content (AvgIpc) is 2.90. The molecule has 1 heterocycles. The monoisotopic (exact) mass is 303 g/mol. The number of oxazole rings is 1. The van der Waals surface area contributed by atoms with Crippen LogP contribution < -0.4 is 5.76 Å². The van der Waals surface area contributed by atoms with Gasteiger partial charge in [0.25, 0.3) is 0 Å². The van der Waals surface area contributed by atoms with Gasteiger partial charge in [-0.25, -0.2) is 4.79 Å². The van der Waals surface area contributed by atoms with Crippen LogP contribution in [0.5, 0.6) is 0 Å². The molecular formula is C19H13NO3. The van der Waals surface area contributed by atoms with E-state index in [4.69, 9.17) is 4.42 Å². The topological polar surface area (TPSA) is 52.2 Å². The van der Waals surface area contributed by atoms with Crippen molar-refractivity contribution in [1.82, 2.24) is 4.57 Å². The lowest BCUT2D eigenvalue weighted by molar-refractivity contribution is 0.0971. The minimum Gasteiger partial charge on any atom is -0.408 e. The van der Waals surface area contributed by atoms with Gasteiger partial charge in [-0.05, 0) is 29.0 Å². The molecule has 1 aromatic heterocycles. The number of benzene rings is 3. The largest absolute Gasteiger partial charge is 0.420 e. The third-order valence-electron chi connectivity index (χ3n) is 3.95. The molecule has 0 unspecified atom stereocenters. The second kappa shape index (κ2) is 5.25. The number of hydrogen-bond acceptors (Lipinski definition) is 3. The van der Waals surface area contributed by atoms with Gasteiger partial charge in [0.15, 0.2) is 11.4 Å². The van der Waals surface area contributed by atoms with E-state index in [1.807, 2.05) is 42.5 Å². The molecule has 4 nitrogen and oxygen atoms in total. The van der Waals surface area contributed by atoms with Crippen LogP contribution in [0.1, 0.15) is 10.4 Å². The zero-order valence-electron chi connectivity index (χ0n) is 12.2. The molecule has 0 bridgehead atoms. The van der Waals surface area contributed by atoms with Crippen LogP contribution in [-0.2, 0) is 6.54 Å². The van der Waals surface area contributed by atoms with Crippen molar-refractivity contribution in [3.8, 4) is 0 Å². The van der Waals surface area contributed by atoms with Crippen LogP contribution in [0.15, 0.2) is 75.9 Å². The highest BCUT2D eigenvalue weighted by Crippen LogP contribution is 2.17. The summed E-state index contributed by atoms with van der Waals surface area (Å²) in [6, 6.07) is 20.5. The second-order valence-electron chi connectivity index (χ2n) is 5.41. The summed E-state index contributed by atoms with van der Waals surface area (Å²) in [6.45, 7) is -0.0335. The molecule has 0 atom stereocenters. The number of nitrogens with zero attached hydrogens (tertiary/aromatic N) is 1. The van der Waals surface area contributed by atoms with Crippen molar-refractivity contribution in [3.05, 3.63) is 82.8 Å². The van der Waals surface area contributed by atoms with Gasteiger partial charge in [0, 0.05) is 5.56 Å². The van der Waals surface area contributed by atoms with E-state index in [9.17, 15) is 9.59 Å². The molecule has 0 radical (unpaired) electrons. The zero-order chi connectivity index (χ0) is 15.8. The van der Waals surface area contributed by atoms with E-state index in [1.54, 1.807) is 24.3 Å². The van der Waals surface area contributed by atoms with E-state index in [0.717, 1.165) is 10.8 Å². The maximum atomic E-state index is 12.6. The third kappa shape index (κ3) is 2.34. The number of carbonyl (C=O) groups excluding carboxylic acids is 1. The number of hydrogen-bond donors (Lipinski definition) is 0. The number of carbonyl (C=O) groups is 1. The van der Waals surface area contributed by atoms with Crippen LogP contribution in [0.4, 0.5) is 0 Å². The fourth-order valence-corrected chi connectivity index (χ4v) is 2.76. The van der Waals surface area contributed by atoms with Crippen LogP contribution in [0.3, 0.4) is 0 Å². The molecule has 112 valence electrons. The smallest absolute Gasteiger partial charge is 0.408 e. The van der Waals surface area contributed by atoms with Crippen molar-refractivity contribution < 1.29 is 9.21 Å². The highest BCUT2D eigenvalue weighted by molar-refractivity contribution is 6.00. The minimum atomic E-state index is -0.514. The number of fused-ring (bicyclic) bond motifs is 2. The van der Waals surface area contributed by atoms with Gasteiger partial charge in [0.1, 0.15) is 0 Å². The lowest BCUT2D eigenvalue weighted by atomic mass is 10.0. The number of ketones is 1. The first-order valence-corrected chi connectivity index (χ1v) is 7.33. The molecule has 23 heavy (non-hydrogen) atoms. The fraction of sp³-hybridized carbons (Fsp3) is 0.0526. The summed E-state index contributed by atoms with van der Waals surface area (Å²) < 4.78 is 6.53. The Morgan fingerprint density at radius 3 is 2.52 bits per heavy atom. The molecule has 0 amide bonds. The van der Waals surface area contributed by atoms with E-state index in [1.165, 1.54) is 4.57 Å². The quantitative estimate of drug-likeness (QED) is 0.543. The molecular weight excluding hydrogens is 290 g/mol. The normalized spacial score (nSPS) is 11.1. The number of Topliss-reactive ketones (excluding diaryl/α,β-unsaturated/α-hetero) is 1. The molecule has 4 rings (SSSR count). The molecule has 0 saturated carbocycles. The number of aromatic nitrogens is 1. The maximum Gasteiger partial charge on any atom is 0.420 e. The van der Waals surface area contributed by atoms with Gasteiger partial charge >= 0.3 is 5.76 Å². The Bertz CT molecular complexity index is 1090. The Labute approximate surface area is 131 Å². The molecule has 0 N–H and O–H groups in total. The summed E-state index contributed by atoms with van der Waals surface area (Å²) >= 11 is 0. The first-order valence-electron chi connectivity index (χ1n) is 7.33. The average molecular weight is 303 g/mol. The Balaban J connectivity index is 1.73. The molecule has 0 aliphatic rings. The van der Waals surface area contributed by atoms with Crippen LogP contribution in [0.25, 0.3) is 21.9 Å². The minimum absolute atomic E-state index is 0.0335. The molecule has 0 spiro atoms. The van der Waals surface area contributed by atoms with Gasteiger partial charge in [-0.3, -0.25) is 9.36 Å². The molecule has 4 aromatic rings. The van der Waals surface area contributed by atoms with Gasteiger partial charge < -0.3 is 4.42 Å². The first-order chi connectivity index (χ1) is 11.2. The highest BCUT2D eigenvalue weighted by atomic mass is 16.4. The predicted molar refractivity (Wildman–Crippen MR) is 88.8 cm³/mol. The first kappa shape index (κ1) is 13.5. The Hall–Kier alpha value is -3.14. The summed E-state index contributed by atoms with van der Waals surface area (Å²) in [5, 5.41) is 2.08. The lowest BCUT2D eigenvalue weighted by Gasteiger charge is -2.04. The summed E-state index contributed by atoms with van der Waals surface area (Å²) in [6.07, 6.45) is 0. The van der Waals surface area contributed by atoms with E-state index < -0.39 is 5.76 Å². The standard InChI is InChI=1S/C19H13NO3/c21-17(15-10-9-13-5-1-2-6-14(13)11-15)12-20-16-7-3-4-8-18(16)23-19(20)22/h1-11H,12H2. The van der Waals surface area contributed by atoms with Crippen molar-refractivity contribution in [3.63, 3.8) is 0 Å². The van der Waals surface area contributed by atoms with Crippen molar-refractivity contribution in [2.24, 2.45) is 0 Å². The van der Waals surface area contributed by atoms with Crippen molar-refractivity contribution >= 4 is 27.7 Å². The fourth-order valence-electron chi connectivity index (χ4n) is 2.76. The molecule has 0 fully saturated rings. The highest BCUT2D eigenvalue weighted by Gasteiger charge is 2.14. The van der Waals surface area contributed by atoms with Gasteiger partial charge in [-0.1, -0.05) is 48.5 Å². The lowest BCUT2D eigenvalue weighted by Crippen LogP contribution is -2.20. The predicted octanol–water partition coefficient (Wildman–Crippen LogP) is 3.63. The summed E-state index contributed by atoms with van der Waals surface area (Å²) in [5.74, 6) is -0.634. The van der Waals surface area contributed by atoms with E-state index in [2.05, 4.69) is 0 Å². The second-order valence-corrected chi connectivity index (χ2v) is 5.41. The van der Waals surface area contributed by atoms with Gasteiger partial charge in [0.05, 0.1) is 12.1 Å². The van der Waals surface area contributed by atoms with Gasteiger partial charge in [-0.2, -0.15) is 0 Å². The molecule has 0 saturated heterocycles. The summed E-state index contributed by atoms with van der Waals surface area (Å²) in [4.78, 5) is 24.5. The summed E-state index contributed by atoms with van der Waals surface area (Å²) in [7, 11) is 0. The van der Waals surface area contributed by atoms with Gasteiger partial charge in [-0.15, -0.1) is 0 Å². The van der Waals surface area contributed by atoms with E-state index >= 15 is 0 Å². The Morgan fingerprint density at radius 2 is 1.65 bits per heavy atom. The molecule has 3 aromatic carbocycles. The van der Waals surface area contributed by atoms with E-state index in [-0.39, 0.29) is 12.3 Å². The van der Waals surface area contributed by atoms with Crippen LogP contribution >= 0.6 is 0 Å². The van der Waals surface area contributed by atoms with Gasteiger partial charge in [0.2, 0.25) is 0 Å². The van der Waals surface area contributed by atoms with Crippen LogP contribution in [0.2, 0.25) is 0 Å². The Morgan fingerprint density at radius 1 is 0.913 bits per heavy atom. The van der Waals surface area contributed by atoms with Crippen molar-refractivity contribution in [1.29, 1.82) is 0 Å². The zero-order valence-corrected chi connectivity index (χ0v) is 12.2. The Kier molecular flexibility index (Phi) is 3.08. The van der Waals surface area contributed by atoms with Crippen LogP contribution in [-0.4, -0.2) is 10.4 Å². The summed E-state index contributed by atoms with van der Waals surface area (Å²) in [5.41, 5.74) is 1.70. The van der Waals surface area contributed by atoms with E-state index in [0.29, 0.717) is 16.7 Å². The number of rotatable bonds is 3. The van der Waals surface area contributed by atoms with Crippen molar-refractivity contribution in [2.45, 2.75) is 6.54 Å². The molecule has 4 heteroatoms. The van der Waals surface area contributed by atoms with Crippen LogP contribution in [0, 0.1) is 0 Å². The molecule has 0 aliphatic carbocycles. The SMILES string of the molecule is O=C(Cn1c(=O)oc2ccccc21)c1ccc2ccccc2c1. The molecule has 0 aliphatic heterocycles. The third-order valence-corrected chi connectivity index (χ3v) is 3.95. The maximum absolute atomic E-state index is 12.6. The number of para-hydroxylation sites is 2.